The predicted molar refractivity (Wildman–Crippen MR) is 337 cm³/mol. The van der Waals surface area contributed by atoms with Crippen LogP contribution in [0.1, 0.15) is 132 Å². The van der Waals surface area contributed by atoms with Crippen LogP contribution < -0.4 is 70.4 Å². The zero-order valence-electron chi connectivity index (χ0n) is 53.3. The van der Waals surface area contributed by atoms with Crippen molar-refractivity contribution in [3.63, 3.8) is 0 Å². The minimum absolute atomic E-state index is 0.00615. The standard InChI is InChI=1S/C57H99N15O17S2/c1-9-28(4)42(67-41(76)24-61-47(78)33(59)26-90)52(83)63-34(16-12-13-21-58)48(79)70-45(32(8)74)54(85)62-31(7)46(77)65-36(25-73)49(80)69-44(30(6)11-3)56(87)72-23-15-18-39(72)55(86)71-22-14-17-38(71)51(82)68-43(29(5)10-2)53(84)66-37(27-91)50(81)64-35(57(88)89)19-20-40(60)75/h28-39,42-45,73-74,90-91H,9-27,58-59H2,1-8H3,(H2,60,75)(H,61,78)(H,62,85)(H,63,83)(H,64,81)(H,65,77)(H,66,84)(H,67,76)(H,68,82)(H,69,80)(H,70,79)(H,88,89)/t28-,29-,30-,31-,32+,33-,34-,35-,36-,37-,38-,39-,42-,43-,44-,45-/m0/s1. The molecule has 32 nitrogen and oxygen atoms in total. The molecule has 0 radical (unpaired) electrons. The van der Waals surface area contributed by atoms with Gasteiger partial charge in [-0.05, 0) is 89.5 Å². The van der Waals surface area contributed by atoms with Gasteiger partial charge in [-0.15, -0.1) is 0 Å². The van der Waals surface area contributed by atoms with Crippen LogP contribution in [0, 0.1) is 17.8 Å². The maximum absolute atomic E-state index is 14.6. The highest BCUT2D eigenvalue weighted by atomic mass is 32.1. The number of unbranched alkanes of at least 4 members (excludes halogenated alkanes) is 1. The molecule has 2 saturated heterocycles. The van der Waals surface area contributed by atoms with Crippen molar-refractivity contribution in [1.29, 1.82) is 0 Å². The fourth-order valence-electron chi connectivity index (χ4n) is 9.97. The third kappa shape index (κ3) is 24.9. The van der Waals surface area contributed by atoms with Crippen LogP contribution in [-0.2, 0) is 67.1 Å². The lowest BCUT2D eigenvalue weighted by molar-refractivity contribution is -0.149. The number of aliphatic hydroxyl groups is 2. The van der Waals surface area contributed by atoms with Gasteiger partial charge in [-0.3, -0.25) is 62.3 Å². The van der Waals surface area contributed by atoms with Gasteiger partial charge in [0, 0.05) is 31.0 Å². The molecular formula is C57H99N15O17S2. The predicted octanol–water partition coefficient (Wildman–Crippen LogP) is -5.35. The van der Waals surface area contributed by atoms with Crippen molar-refractivity contribution >= 4 is 108 Å². The molecule has 0 aromatic heterocycles. The Balaban J connectivity index is 2.24. The summed E-state index contributed by atoms with van der Waals surface area (Å²) in [4.78, 5) is 190. The topological polar surface area (TPSA) is 505 Å². The van der Waals surface area contributed by atoms with Crippen LogP contribution >= 0.6 is 25.3 Å². The number of carboxylic acids is 1. The average Bonchev–Trinajstić information content (AvgIpc) is 1.79. The molecule has 0 aromatic rings. The third-order valence-electron chi connectivity index (χ3n) is 16.3. The Kier molecular flexibility index (Phi) is 35.4. The molecule has 0 aliphatic carbocycles. The summed E-state index contributed by atoms with van der Waals surface area (Å²) >= 11 is 8.13. The molecule has 0 aromatic carbocycles. The molecule has 0 unspecified atom stereocenters. The molecule has 0 saturated carbocycles. The van der Waals surface area contributed by atoms with E-state index < -0.39 is 192 Å². The lowest BCUT2D eigenvalue weighted by Crippen LogP contribution is -2.62. The number of amides is 13. The number of rotatable bonds is 40. The van der Waals surface area contributed by atoms with Gasteiger partial charge in [-0.1, -0.05) is 60.8 Å². The summed E-state index contributed by atoms with van der Waals surface area (Å²) in [5.41, 5.74) is 16.5. The maximum Gasteiger partial charge on any atom is 0.326 e. The molecule has 19 N–H and O–H groups in total. The van der Waals surface area contributed by atoms with E-state index in [1.54, 1.807) is 41.5 Å². The van der Waals surface area contributed by atoms with E-state index in [1.165, 1.54) is 23.6 Å². The number of carbonyl (C=O) groups is 14. The summed E-state index contributed by atoms with van der Waals surface area (Å²) in [5, 5.41) is 55.6. The molecule has 91 heavy (non-hydrogen) atoms. The van der Waals surface area contributed by atoms with Crippen LogP contribution in [0.5, 0.6) is 0 Å². The van der Waals surface area contributed by atoms with Crippen LogP contribution in [0.25, 0.3) is 0 Å². The van der Waals surface area contributed by atoms with E-state index in [4.69, 9.17) is 17.2 Å². The van der Waals surface area contributed by atoms with Crippen molar-refractivity contribution in [2.24, 2.45) is 35.0 Å². The molecule has 2 rings (SSSR count). The molecule has 0 bridgehead atoms. The van der Waals surface area contributed by atoms with Crippen LogP contribution in [0.2, 0.25) is 0 Å². The largest absolute Gasteiger partial charge is 0.480 e. The molecule has 2 aliphatic rings. The summed E-state index contributed by atoms with van der Waals surface area (Å²) in [6.07, 6.45) is 0.760. The van der Waals surface area contributed by atoms with Crippen LogP contribution in [-0.4, -0.2) is 231 Å². The number of aliphatic carboxylic acids is 1. The molecule has 2 heterocycles. The van der Waals surface area contributed by atoms with Crippen LogP contribution in [0.15, 0.2) is 0 Å². The minimum Gasteiger partial charge on any atom is -0.480 e. The first-order chi connectivity index (χ1) is 42.9. The Bertz CT molecular complexity index is 2540. The van der Waals surface area contributed by atoms with E-state index in [1.807, 2.05) is 0 Å². The number of thiol groups is 2. The first-order valence-corrected chi connectivity index (χ1v) is 32.2. The second kappa shape index (κ2) is 40.2. The van der Waals surface area contributed by atoms with E-state index in [-0.39, 0.29) is 63.2 Å². The number of primary amides is 1. The Morgan fingerprint density at radius 2 is 1.04 bits per heavy atom. The monoisotopic (exact) mass is 1330 g/mol. The van der Waals surface area contributed by atoms with Crippen molar-refractivity contribution in [2.45, 2.75) is 211 Å². The Morgan fingerprint density at radius 3 is 1.57 bits per heavy atom. The Morgan fingerprint density at radius 1 is 0.549 bits per heavy atom. The van der Waals surface area contributed by atoms with Gasteiger partial charge < -0.3 is 95.5 Å². The zero-order valence-corrected chi connectivity index (χ0v) is 55.0. The van der Waals surface area contributed by atoms with Gasteiger partial charge in [-0.2, -0.15) is 25.3 Å². The molecule has 13 amide bonds. The molecular weight excluding hydrogens is 1230 g/mol. The number of nitrogens with zero attached hydrogens (tertiary/aromatic N) is 2. The fourth-order valence-corrected chi connectivity index (χ4v) is 10.4. The number of nitrogens with two attached hydrogens (primary N) is 3. The normalized spacial score (nSPS) is 19.2. The molecule has 2 aliphatic heterocycles. The van der Waals surface area contributed by atoms with Gasteiger partial charge in [0.2, 0.25) is 76.8 Å². The van der Waals surface area contributed by atoms with E-state index in [0.717, 1.165) is 0 Å². The SMILES string of the molecule is CC[C@H](C)[C@H](NC(=O)CNC(=O)[C@@H](N)CS)C(=O)N[C@@H](CCCCN)C(=O)N[C@H](C(=O)N[C@@H](C)C(=O)N[C@@H](CO)C(=O)N[C@H](C(=O)N1CCC[C@H]1C(=O)N1CCC[C@H]1C(=O)N[C@H](C(=O)N[C@@H](CS)C(=O)N[C@@H](CCC(N)=O)C(=O)O)[C@@H](C)CC)[C@@H](C)CC)[C@@H](C)O. The lowest BCUT2D eigenvalue weighted by Gasteiger charge is -2.35. The highest BCUT2D eigenvalue weighted by Crippen LogP contribution is 2.27. The number of hydrogen-bond donors (Lipinski definition) is 18. The van der Waals surface area contributed by atoms with E-state index >= 15 is 0 Å². The number of nitrogens with one attached hydrogen (secondary N) is 10. The molecule has 0 spiro atoms. The molecule has 2 fully saturated rings. The average molecular weight is 1330 g/mol. The Hall–Kier alpha value is -6.88. The summed E-state index contributed by atoms with van der Waals surface area (Å²) in [6.45, 7) is 11.6. The quantitative estimate of drug-likeness (QED) is 0.0201. The van der Waals surface area contributed by atoms with Gasteiger partial charge in [0.05, 0.1) is 25.3 Å². The number of aliphatic hydroxyl groups excluding tert-OH is 2. The van der Waals surface area contributed by atoms with Crippen molar-refractivity contribution < 1.29 is 82.4 Å². The molecule has 16 atom stereocenters. The highest BCUT2D eigenvalue weighted by molar-refractivity contribution is 7.80. The van der Waals surface area contributed by atoms with Gasteiger partial charge >= 0.3 is 5.97 Å². The van der Waals surface area contributed by atoms with E-state index in [9.17, 15) is 82.4 Å². The van der Waals surface area contributed by atoms with Crippen molar-refractivity contribution in [2.75, 3.05) is 44.3 Å². The minimum atomic E-state index is -1.73. The van der Waals surface area contributed by atoms with E-state index in [0.29, 0.717) is 44.9 Å². The summed E-state index contributed by atoms with van der Waals surface area (Å²) in [5.74, 6) is -13.8. The molecule has 516 valence electrons. The molecule has 34 heteroatoms. The van der Waals surface area contributed by atoms with Crippen LogP contribution in [0.4, 0.5) is 0 Å². The second-order valence-corrected chi connectivity index (χ2v) is 24.0. The summed E-state index contributed by atoms with van der Waals surface area (Å²) in [6, 6.07) is -16.0. The van der Waals surface area contributed by atoms with Gasteiger partial charge in [0.15, 0.2) is 0 Å². The zero-order chi connectivity index (χ0) is 69.0. The number of carbonyl (C=O) groups excluding carboxylic acids is 13. The van der Waals surface area contributed by atoms with E-state index in [2.05, 4.69) is 78.4 Å². The smallest absolute Gasteiger partial charge is 0.326 e. The fraction of sp³-hybridized carbons (Fsp3) is 0.754. The van der Waals surface area contributed by atoms with Crippen molar-refractivity contribution in [3.05, 3.63) is 0 Å². The Labute approximate surface area is 541 Å². The summed E-state index contributed by atoms with van der Waals surface area (Å²) in [7, 11) is 0. The first kappa shape index (κ1) is 80.2. The van der Waals surface area contributed by atoms with Crippen molar-refractivity contribution in [1.82, 2.24) is 63.0 Å². The van der Waals surface area contributed by atoms with Gasteiger partial charge in [0.25, 0.3) is 0 Å². The lowest BCUT2D eigenvalue weighted by atomic mass is 9.96. The van der Waals surface area contributed by atoms with Gasteiger partial charge in [0.1, 0.15) is 66.5 Å². The second-order valence-electron chi connectivity index (χ2n) is 23.3. The van der Waals surface area contributed by atoms with Gasteiger partial charge in [-0.25, -0.2) is 4.79 Å². The summed E-state index contributed by atoms with van der Waals surface area (Å²) < 4.78 is 0. The first-order valence-electron chi connectivity index (χ1n) is 31.0. The third-order valence-corrected chi connectivity index (χ3v) is 17.1. The number of likely N-dealkylation sites (tertiary alicyclic amines) is 2. The number of carboxylic acid groups (broad SMARTS) is 1. The maximum atomic E-state index is 14.6. The van der Waals surface area contributed by atoms with Crippen LogP contribution in [0.3, 0.4) is 0 Å². The highest BCUT2D eigenvalue weighted by Gasteiger charge is 2.46. The number of hydrogen-bond acceptors (Lipinski definition) is 20. The van der Waals surface area contributed by atoms with Crippen molar-refractivity contribution in [3.8, 4) is 0 Å².